The zero-order valence-electron chi connectivity index (χ0n) is 20.3. The Morgan fingerprint density at radius 3 is 1.71 bits per heavy atom. The van der Waals surface area contributed by atoms with Gasteiger partial charge in [-0.05, 0) is 55.8 Å². The van der Waals surface area contributed by atoms with Crippen LogP contribution < -0.4 is 19.1 Å². The first-order valence-electron chi connectivity index (χ1n) is 11.0. The van der Waals surface area contributed by atoms with Crippen LogP contribution in [-0.4, -0.2) is 46.5 Å². The van der Waals surface area contributed by atoms with Crippen molar-refractivity contribution in [1.29, 1.82) is 0 Å². The van der Waals surface area contributed by atoms with Crippen molar-refractivity contribution in [2.75, 3.05) is 39.4 Å². The molecule has 186 valence electrons. The van der Waals surface area contributed by atoms with E-state index in [4.69, 9.17) is 23.7 Å². The van der Waals surface area contributed by atoms with E-state index in [0.29, 0.717) is 28.5 Å². The largest absolute Gasteiger partial charge is 0.493 e. The Labute approximate surface area is 203 Å². The third kappa shape index (κ3) is 5.40. The molecule has 9 heteroatoms. The van der Waals surface area contributed by atoms with Gasteiger partial charge >= 0.3 is 11.9 Å². The van der Waals surface area contributed by atoms with Crippen LogP contribution in [0.1, 0.15) is 25.3 Å². The molecule has 0 unspecified atom stereocenters. The van der Waals surface area contributed by atoms with Crippen molar-refractivity contribution in [2.24, 2.45) is 0 Å². The summed E-state index contributed by atoms with van der Waals surface area (Å²) in [6.07, 6.45) is 3.11. The van der Waals surface area contributed by atoms with Crippen molar-refractivity contribution in [3.05, 3.63) is 71.3 Å². The Morgan fingerprint density at radius 2 is 1.31 bits per heavy atom. The molecule has 35 heavy (non-hydrogen) atoms. The van der Waals surface area contributed by atoms with Gasteiger partial charge in [-0.2, -0.15) is 0 Å². The summed E-state index contributed by atoms with van der Waals surface area (Å²) in [5, 5.41) is 0. The zero-order chi connectivity index (χ0) is 25.5. The van der Waals surface area contributed by atoms with Gasteiger partial charge in [0.25, 0.3) is 0 Å². The second-order valence-electron chi connectivity index (χ2n) is 7.39. The Morgan fingerprint density at radius 1 is 0.829 bits per heavy atom. The van der Waals surface area contributed by atoms with Crippen molar-refractivity contribution < 1.29 is 37.7 Å². The van der Waals surface area contributed by atoms with Gasteiger partial charge in [0.15, 0.2) is 11.5 Å². The predicted octanol–water partition coefficient (Wildman–Crippen LogP) is 4.35. The summed E-state index contributed by atoms with van der Waals surface area (Å²) >= 11 is 0. The molecule has 0 amide bonds. The number of nitrogens with zero attached hydrogens (tertiary/aromatic N) is 1. The van der Waals surface area contributed by atoms with E-state index in [2.05, 4.69) is 0 Å². The minimum absolute atomic E-state index is 0.132. The van der Waals surface area contributed by atoms with Crippen LogP contribution in [0.5, 0.6) is 17.2 Å². The van der Waals surface area contributed by atoms with Crippen molar-refractivity contribution in [1.82, 2.24) is 0 Å². The average Bonchev–Trinajstić information content (AvgIpc) is 2.87. The summed E-state index contributed by atoms with van der Waals surface area (Å²) in [5.74, 6) is -1.43. The number of carbonyl (C=O) groups excluding carboxylic acids is 2. The second-order valence-corrected chi connectivity index (χ2v) is 7.39. The molecule has 1 aliphatic rings. The number of hydrogen-bond donors (Lipinski definition) is 0. The van der Waals surface area contributed by atoms with Gasteiger partial charge in [-0.1, -0.05) is 0 Å². The van der Waals surface area contributed by atoms with Crippen LogP contribution >= 0.6 is 0 Å². The number of rotatable bonds is 9. The zero-order valence-corrected chi connectivity index (χ0v) is 20.3. The highest BCUT2D eigenvalue weighted by Gasteiger charge is 2.37. The molecular formula is C26H28FNO7. The number of benzene rings is 2. The van der Waals surface area contributed by atoms with Gasteiger partial charge in [0.1, 0.15) is 5.82 Å². The first-order valence-corrected chi connectivity index (χ1v) is 11.0. The van der Waals surface area contributed by atoms with Gasteiger partial charge in [-0.15, -0.1) is 0 Å². The maximum atomic E-state index is 13.5. The summed E-state index contributed by atoms with van der Waals surface area (Å²) in [6, 6.07) is 8.98. The van der Waals surface area contributed by atoms with E-state index in [1.165, 1.54) is 45.6 Å². The van der Waals surface area contributed by atoms with E-state index >= 15 is 0 Å². The number of ether oxygens (including phenoxy) is 5. The molecule has 3 rings (SSSR count). The number of halogens is 1. The van der Waals surface area contributed by atoms with Gasteiger partial charge in [-0.3, -0.25) is 0 Å². The maximum Gasteiger partial charge on any atom is 0.336 e. The predicted molar refractivity (Wildman–Crippen MR) is 127 cm³/mol. The number of hydrogen-bond acceptors (Lipinski definition) is 8. The molecule has 1 aliphatic heterocycles. The van der Waals surface area contributed by atoms with Crippen molar-refractivity contribution in [2.45, 2.75) is 19.8 Å². The highest BCUT2D eigenvalue weighted by Crippen LogP contribution is 2.45. The van der Waals surface area contributed by atoms with Crippen LogP contribution in [-0.2, 0) is 19.1 Å². The highest BCUT2D eigenvalue weighted by atomic mass is 19.1. The van der Waals surface area contributed by atoms with Gasteiger partial charge < -0.3 is 28.6 Å². The van der Waals surface area contributed by atoms with Crippen LogP contribution in [0.4, 0.5) is 10.1 Å². The molecule has 2 aromatic carbocycles. The fourth-order valence-electron chi connectivity index (χ4n) is 3.81. The Bertz CT molecular complexity index is 1080. The Balaban J connectivity index is 2.25. The Hall–Kier alpha value is -4.01. The average molecular weight is 486 g/mol. The lowest BCUT2D eigenvalue weighted by Crippen LogP contribution is -2.29. The summed E-state index contributed by atoms with van der Waals surface area (Å²) in [6.45, 7) is 3.64. The third-order valence-electron chi connectivity index (χ3n) is 5.35. The van der Waals surface area contributed by atoms with Crippen molar-refractivity contribution in [3.63, 3.8) is 0 Å². The molecule has 0 saturated carbocycles. The molecule has 0 atom stereocenters. The van der Waals surface area contributed by atoms with Crippen LogP contribution in [0.2, 0.25) is 0 Å². The molecule has 0 spiro atoms. The van der Waals surface area contributed by atoms with E-state index in [9.17, 15) is 14.0 Å². The highest BCUT2D eigenvalue weighted by molar-refractivity contribution is 6.00. The minimum atomic E-state index is -0.862. The van der Waals surface area contributed by atoms with E-state index in [1.54, 1.807) is 43.3 Å². The normalized spacial score (nSPS) is 13.5. The van der Waals surface area contributed by atoms with E-state index in [0.717, 1.165) is 0 Å². The fraction of sp³-hybridized carbons (Fsp3) is 0.308. The van der Waals surface area contributed by atoms with Crippen LogP contribution in [0.15, 0.2) is 59.9 Å². The lowest BCUT2D eigenvalue weighted by Gasteiger charge is -2.31. The van der Waals surface area contributed by atoms with E-state index in [-0.39, 0.29) is 24.4 Å². The summed E-state index contributed by atoms with van der Waals surface area (Å²) < 4.78 is 40.5. The lowest BCUT2D eigenvalue weighted by molar-refractivity contribution is -0.139. The molecule has 0 fully saturated rings. The van der Waals surface area contributed by atoms with Crippen LogP contribution in [0.25, 0.3) is 0 Å². The van der Waals surface area contributed by atoms with Crippen LogP contribution in [0, 0.1) is 5.82 Å². The minimum Gasteiger partial charge on any atom is -0.493 e. The van der Waals surface area contributed by atoms with Crippen LogP contribution in [0.3, 0.4) is 0 Å². The van der Waals surface area contributed by atoms with E-state index in [1.807, 2.05) is 0 Å². The molecule has 1 heterocycles. The summed E-state index contributed by atoms with van der Waals surface area (Å²) in [5.41, 5.74) is 1.42. The fourth-order valence-corrected chi connectivity index (χ4v) is 3.81. The quantitative estimate of drug-likeness (QED) is 0.485. The standard InChI is InChI=1S/C26H28FNO7/c1-6-34-25(29)19-14-28(18-10-8-17(27)9-11-18)15-20(26(30)35-7-2)23(19)16-12-21(31-3)24(33-5)22(13-16)32-4/h8-15,23H,6-7H2,1-5H3. The first kappa shape index (κ1) is 25.6. The number of methoxy groups -OCH3 is 3. The molecular weight excluding hydrogens is 457 g/mol. The molecule has 0 bridgehead atoms. The molecule has 0 N–H and O–H groups in total. The Kier molecular flexibility index (Phi) is 8.35. The van der Waals surface area contributed by atoms with Gasteiger partial charge in [0, 0.05) is 18.1 Å². The molecule has 0 saturated heterocycles. The molecule has 8 nitrogen and oxygen atoms in total. The lowest BCUT2D eigenvalue weighted by atomic mass is 9.83. The second kappa shape index (κ2) is 11.4. The van der Waals surface area contributed by atoms with Crippen molar-refractivity contribution >= 4 is 17.6 Å². The molecule has 0 radical (unpaired) electrons. The van der Waals surface area contributed by atoms with Gasteiger partial charge in [0.05, 0.1) is 51.6 Å². The molecule has 0 aliphatic carbocycles. The maximum absolute atomic E-state index is 13.5. The van der Waals surface area contributed by atoms with Gasteiger partial charge in [0.2, 0.25) is 5.75 Å². The topological polar surface area (TPSA) is 83.5 Å². The summed E-state index contributed by atoms with van der Waals surface area (Å²) in [4.78, 5) is 27.8. The van der Waals surface area contributed by atoms with E-state index < -0.39 is 23.7 Å². The molecule has 2 aromatic rings. The summed E-state index contributed by atoms with van der Waals surface area (Å²) in [7, 11) is 4.43. The number of anilines is 1. The molecule has 0 aromatic heterocycles. The van der Waals surface area contributed by atoms with Crippen molar-refractivity contribution in [3.8, 4) is 17.2 Å². The number of carbonyl (C=O) groups is 2. The third-order valence-corrected chi connectivity index (χ3v) is 5.35. The smallest absolute Gasteiger partial charge is 0.336 e. The monoisotopic (exact) mass is 485 g/mol. The number of esters is 2. The first-order chi connectivity index (χ1) is 16.9. The van der Waals surface area contributed by atoms with Gasteiger partial charge in [-0.25, -0.2) is 14.0 Å². The SMILES string of the molecule is CCOC(=O)C1=CN(c2ccc(F)cc2)C=C(C(=O)OCC)C1c1cc(OC)c(OC)c(OC)c1.